The molecule has 15 heavy (non-hydrogen) atoms. The van der Waals surface area contributed by atoms with Crippen molar-refractivity contribution in [2.24, 2.45) is 5.92 Å². The highest BCUT2D eigenvalue weighted by atomic mass is 19.4. The largest absolute Gasteiger partial charge is 0.433 e. The van der Waals surface area contributed by atoms with E-state index in [-0.39, 0.29) is 11.6 Å². The molecule has 1 N–H and O–H groups in total. The van der Waals surface area contributed by atoms with E-state index < -0.39 is 17.6 Å². The van der Waals surface area contributed by atoms with Gasteiger partial charge in [0.25, 0.3) is 0 Å². The maximum atomic E-state index is 12.3. The topological polar surface area (TPSA) is 45.8 Å². The van der Waals surface area contributed by atoms with Gasteiger partial charge in [0.1, 0.15) is 0 Å². The number of H-pyrrole nitrogens is 1. The minimum Gasteiger partial charge on any atom is -0.310 e. The van der Waals surface area contributed by atoms with Gasteiger partial charge < -0.3 is 4.98 Å². The second-order valence-corrected chi connectivity index (χ2v) is 3.69. The van der Waals surface area contributed by atoms with Crippen LogP contribution in [0.25, 0.3) is 0 Å². The highest BCUT2D eigenvalue weighted by Gasteiger charge is 2.33. The fourth-order valence-electron chi connectivity index (χ4n) is 1.20. The molecule has 0 aliphatic rings. The number of halogens is 3. The molecule has 0 atom stereocenters. The zero-order valence-electron chi connectivity index (χ0n) is 8.35. The van der Waals surface area contributed by atoms with Crippen LogP contribution in [0, 0.1) is 5.92 Å². The first kappa shape index (κ1) is 11.7. The van der Waals surface area contributed by atoms with Gasteiger partial charge in [-0.05, 0) is 18.4 Å². The summed E-state index contributed by atoms with van der Waals surface area (Å²) in [6.45, 7) is 3.71. The van der Waals surface area contributed by atoms with Crippen LogP contribution in [0.5, 0.6) is 0 Å². The molecule has 3 nitrogen and oxygen atoms in total. The average Bonchev–Trinajstić information content (AvgIpc) is 1.99. The molecule has 0 amide bonds. The van der Waals surface area contributed by atoms with E-state index in [1.54, 1.807) is 0 Å². The number of rotatable bonds is 2. The van der Waals surface area contributed by atoms with E-state index in [1.165, 1.54) is 0 Å². The van der Waals surface area contributed by atoms with Crippen molar-refractivity contribution >= 4 is 0 Å². The van der Waals surface area contributed by atoms with Crippen molar-refractivity contribution in [3.8, 4) is 0 Å². The lowest BCUT2D eigenvalue weighted by Crippen LogP contribution is -2.21. The molecule has 0 saturated heterocycles. The van der Waals surface area contributed by atoms with Crippen molar-refractivity contribution in [1.29, 1.82) is 0 Å². The van der Waals surface area contributed by atoms with Gasteiger partial charge in [0.15, 0.2) is 5.69 Å². The van der Waals surface area contributed by atoms with Crippen LogP contribution < -0.4 is 5.69 Å². The first-order valence-electron chi connectivity index (χ1n) is 4.46. The van der Waals surface area contributed by atoms with E-state index >= 15 is 0 Å². The van der Waals surface area contributed by atoms with E-state index in [9.17, 15) is 18.0 Å². The molecule has 0 spiro atoms. The van der Waals surface area contributed by atoms with Gasteiger partial charge in [-0.2, -0.15) is 18.2 Å². The molecule has 0 saturated carbocycles. The molecule has 1 aromatic heterocycles. The van der Waals surface area contributed by atoms with E-state index in [1.807, 2.05) is 13.8 Å². The number of aromatic amines is 1. The van der Waals surface area contributed by atoms with Crippen LogP contribution in [0.3, 0.4) is 0 Å². The summed E-state index contributed by atoms with van der Waals surface area (Å²) in [5.74, 6) is 0.170. The van der Waals surface area contributed by atoms with Crippen LogP contribution in [0.15, 0.2) is 10.9 Å². The third-order valence-electron chi connectivity index (χ3n) is 1.72. The van der Waals surface area contributed by atoms with Gasteiger partial charge in [0.2, 0.25) is 0 Å². The summed E-state index contributed by atoms with van der Waals surface area (Å²) in [4.78, 5) is 16.0. The molecule has 1 heterocycles. The predicted octanol–water partition coefficient (Wildman–Crippen LogP) is 1.99. The maximum Gasteiger partial charge on any atom is 0.433 e. The van der Waals surface area contributed by atoms with Gasteiger partial charge in [0.05, 0.1) is 0 Å². The normalized spacial score (nSPS) is 12.1. The smallest absolute Gasteiger partial charge is 0.310 e. The Morgan fingerprint density at radius 3 is 2.53 bits per heavy atom. The van der Waals surface area contributed by atoms with Gasteiger partial charge >= 0.3 is 11.9 Å². The van der Waals surface area contributed by atoms with E-state index in [0.717, 1.165) is 6.07 Å². The van der Waals surface area contributed by atoms with Gasteiger partial charge in [-0.15, -0.1) is 0 Å². The number of hydrogen-bond donors (Lipinski definition) is 1. The Balaban J connectivity index is 3.11. The predicted molar refractivity (Wildman–Crippen MR) is 48.4 cm³/mol. The Morgan fingerprint density at radius 2 is 2.07 bits per heavy atom. The zero-order valence-corrected chi connectivity index (χ0v) is 8.35. The Hall–Kier alpha value is -1.33. The lowest BCUT2D eigenvalue weighted by atomic mass is 10.1. The van der Waals surface area contributed by atoms with Crippen LogP contribution in [-0.4, -0.2) is 9.97 Å². The molecule has 0 fully saturated rings. The third kappa shape index (κ3) is 3.38. The minimum atomic E-state index is -4.57. The number of nitrogens with one attached hydrogen (secondary N) is 1. The Morgan fingerprint density at radius 1 is 1.47 bits per heavy atom. The molecule has 1 aromatic rings. The van der Waals surface area contributed by atoms with Crippen LogP contribution in [0.2, 0.25) is 0 Å². The second-order valence-electron chi connectivity index (χ2n) is 3.69. The number of aromatic nitrogens is 2. The SMILES string of the molecule is CC(C)Cc1cc(C(F)(F)F)nc(=O)[nH]1. The Kier molecular flexibility index (Phi) is 3.16. The first-order chi connectivity index (χ1) is 6.79. The van der Waals surface area contributed by atoms with E-state index in [0.29, 0.717) is 6.42 Å². The van der Waals surface area contributed by atoms with Crippen LogP contribution in [0.1, 0.15) is 25.2 Å². The molecule has 0 bridgehead atoms. The highest BCUT2D eigenvalue weighted by molar-refractivity contribution is 5.11. The summed E-state index contributed by atoms with van der Waals surface area (Å²) < 4.78 is 36.8. The van der Waals surface area contributed by atoms with Crippen molar-refractivity contribution in [3.63, 3.8) is 0 Å². The summed E-state index contributed by atoms with van der Waals surface area (Å²) in [6.07, 6.45) is -4.18. The molecule has 84 valence electrons. The maximum absolute atomic E-state index is 12.3. The lowest BCUT2D eigenvalue weighted by molar-refractivity contribution is -0.141. The summed E-state index contributed by atoms with van der Waals surface area (Å²) in [5.41, 5.74) is -1.83. The summed E-state index contributed by atoms with van der Waals surface area (Å²) >= 11 is 0. The van der Waals surface area contributed by atoms with Crippen molar-refractivity contribution < 1.29 is 13.2 Å². The van der Waals surface area contributed by atoms with Crippen molar-refractivity contribution in [1.82, 2.24) is 9.97 Å². The van der Waals surface area contributed by atoms with Crippen molar-refractivity contribution in [2.75, 3.05) is 0 Å². The molecule has 0 aliphatic heterocycles. The standard InChI is InChI=1S/C9H11F3N2O/c1-5(2)3-6-4-7(9(10,11)12)14-8(15)13-6/h4-5H,3H2,1-2H3,(H,13,14,15). The molecule has 6 heteroatoms. The van der Waals surface area contributed by atoms with Gasteiger partial charge in [-0.1, -0.05) is 13.8 Å². The number of alkyl halides is 3. The highest BCUT2D eigenvalue weighted by Crippen LogP contribution is 2.26. The molecule has 0 unspecified atom stereocenters. The number of nitrogens with zero attached hydrogens (tertiary/aromatic N) is 1. The van der Waals surface area contributed by atoms with Crippen LogP contribution in [0.4, 0.5) is 13.2 Å². The fourth-order valence-corrected chi connectivity index (χ4v) is 1.20. The summed E-state index contributed by atoms with van der Waals surface area (Å²) in [5, 5.41) is 0. The van der Waals surface area contributed by atoms with Gasteiger partial charge in [-0.3, -0.25) is 0 Å². The van der Waals surface area contributed by atoms with Gasteiger partial charge in [0, 0.05) is 5.69 Å². The Bertz CT molecular complexity index is 395. The van der Waals surface area contributed by atoms with Crippen LogP contribution in [-0.2, 0) is 12.6 Å². The van der Waals surface area contributed by atoms with Crippen LogP contribution >= 0.6 is 0 Å². The van der Waals surface area contributed by atoms with E-state index in [2.05, 4.69) is 9.97 Å². The quantitative estimate of drug-likeness (QED) is 0.828. The number of hydrogen-bond acceptors (Lipinski definition) is 2. The molecule has 0 aromatic carbocycles. The van der Waals surface area contributed by atoms with Crippen molar-refractivity contribution in [2.45, 2.75) is 26.4 Å². The summed E-state index contributed by atoms with van der Waals surface area (Å²) in [6, 6.07) is 0.876. The molecule has 0 radical (unpaired) electrons. The third-order valence-corrected chi connectivity index (χ3v) is 1.72. The van der Waals surface area contributed by atoms with Crippen molar-refractivity contribution in [3.05, 3.63) is 27.9 Å². The Labute approximate surface area is 84.4 Å². The summed E-state index contributed by atoms with van der Waals surface area (Å²) in [7, 11) is 0. The minimum absolute atomic E-state index is 0.170. The zero-order chi connectivity index (χ0) is 11.6. The first-order valence-corrected chi connectivity index (χ1v) is 4.46. The fraction of sp³-hybridized carbons (Fsp3) is 0.556. The molecule has 0 aliphatic carbocycles. The average molecular weight is 220 g/mol. The molecular formula is C9H11F3N2O. The van der Waals surface area contributed by atoms with E-state index in [4.69, 9.17) is 0 Å². The molecule has 1 rings (SSSR count). The van der Waals surface area contributed by atoms with Gasteiger partial charge in [-0.25, -0.2) is 4.79 Å². The molecular weight excluding hydrogens is 209 g/mol. The lowest BCUT2D eigenvalue weighted by Gasteiger charge is -2.08. The monoisotopic (exact) mass is 220 g/mol. The second kappa shape index (κ2) is 4.04.